The lowest BCUT2D eigenvalue weighted by atomic mass is 9.96. The highest BCUT2D eigenvalue weighted by Crippen LogP contribution is 2.41. The van der Waals surface area contributed by atoms with E-state index in [4.69, 9.17) is 0 Å². The summed E-state index contributed by atoms with van der Waals surface area (Å²) in [6.45, 7) is 0. The zero-order valence-electron chi connectivity index (χ0n) is 12.8. The van der Waals surface area contributed by atoms with E-state index in [2.05, 4.69) is 77.1 Å². The number of aromatic amines is 1. The van der Waals surface area contributed by atoms with Crippen molar-refractivity contribution in [3.8, 4) is 0 Å². The van der Waals surface area contributed by atoms with Crippen molar-refractivity contribution in [2.45, 2.75) is 0 Å². The van der Waals surface area contributed by atoms with Crippen molar-refractivity contribution in [2.24, 2.45) is 0 Å². The number of thiophene rings is 1. The Labute approximate surface area is 142 Å². The number of H-pyrrole nitrogens is 1. The van der Waals surface area contributed by atoms with Crippen molar-refractivity contribution in [1.29, 1.82) is 0 Å². The first-order chi connectivity index (χ1) is 11.9. The van der Waals surface area contributed by atoms with Crippen LogP contribution in [0.25, 0.3) is 53.4 Å². The molecule has 2 heteroatoms. The fraction of sp³-hybridized carbons (Fsp3) is 0. The quantitative estimate of drug-likeness (QED) is 0.294. The summed E-state index contributed by atoms with van der Waals surface area (Å²) in [6, 6.07) is 24.2. The van der Waals surface area contributed by atoms with Crippen LogP contribution < -0.4 is 0 Å². The molecule has 6 aromatic rings. The van der Waals surface area contributed by atoms with E-state index in [9.17, 15) is 0 Å². The van der Waals surface area contributed by atoms with E-state index in [1.54, 1.807) is 0 Å². The predicted octanol–water partition coefficient (Wildman–Crippen LogP) is 6.84. The zero-order chi connectivity index (χ0) is 15.7. The minimum atomic E-state index is 1.22. The summed E-state index contributed by atoms with van der Waals surface area (Å²) in [6.07, 6.45) is 0. The summed E-state index contributed by atoms with van der Waals surface area (Å²) >= 11 is 1.81. The van der Waals surface area contributed by atoms with Gasteiger partial charge in [-0.25, -0.2) is 0 Å². The summed E-state index contributed by atoms with van der Waals surface area (Å²) in [7, 11) is 0. The lowest BCUT2D eigenvalue weighted by Crippen LogP contribution is -1.80. The summed E-state index contributed by atoms with van der Waals surface area (Å²) in [5.41, 5.74) is 2.47. The number of aromatic nitrogens is 1. The standard InChI is InChI=1S/C22H13NS/c1-3-7-15-13(5-1)14-6-2-4-8-16(14)22-21(15)20-17-11-12-24-19(17)10-9-18(20)23-22/h1-12,23H. The molecule has 112 valence electrons. The maximum absolute atomic E-state index is 3.70. The molecule has 2 heterocycles. The van der Waals surface area contributed by atoms with Crippen LogP contribution in [0, 0.1) is 0 Å². The van der Waals surface area contributed by atoms with E-state index in [-0.39, 0.29) is 0 Å². The lowest BCUT2D eigenvalue weighted by Gasteiger charge is -2.07. The van der Waals surface area contributed by atoms with Crippen LogP contribution in [0.2, 0.25) is 0 Å². The summed E-state index contributed by atoms with van der Waals surface area (Å²) in [4.78, 5) is 3.70. The summed E-state index contributed by atoms with van der Waals surface area (Å²) in [5.74, 6) is 0. The fourth-order valence-corrected chi connectivity index (χ4v) is 4.88. The molecule has 1 N–H and O–H groups in total. The number of fused-ring (bicyclic) bond motifs is 10. The predicted molar refractivity (Wildman–Crippen MR) is 106 cm³/mol. The topological polar surface area (TPSA) is 15.8 Å². The first-order valence-electron chi connectivity index (χ1n) is 8.13. The Balaban J connectivity index is 2.08. The molecule has 0 aliphatic heterocycles. The lowest BCUT2D eigenvalue weighted by molar-refractivity contribution is 1.57. The summed E-state index contributed by atoms with van der Waals surface area (Å²) in [5, 5.41) is 11.5. The molecule has 2 aromatic heterocycles. The smallest absolute Gasteiger partial charge is 0.0551 e. The van der Waals surface area contributed by atoms with Crippen LogP contribution in [-0.4, -0.2) is 4.98 Å². The van der Waals surface area contributed by atoms with Gasteiger partial charge in [-0.3, -0.25) is 0 Å². The highest BCUT2D eigenvalue weighted by molar-refractivity contribution is 7.17. The van der Waals surface area contributed by atoms with Gasteiger partial charge in [-0.2, -0.15) is 0 Å². The van der Waals surface area contributed by atoms with Gasteiger partial charge < -0.3 is 4.98 Å². The van der Waals surface area contributed by atoms with Crippen LogP contribution in [-0.2, 0) is 0 Å². The average molecular weight is 323 g/mol. The first kappa shape index (κ1) is 12.6. The van der Waals surface area contributed by atoms with Gasteiger partial charge in [-0.15, -0.1) is 11.3 Å². The number of rotatable bonds is 0. The second-order valence-electron chi connectivity index (χ2n) is 6.29. The minimum absolute atomic E-state index is 1.22. The van der Waals surface area contributed by atoms with E-state index < -0.39 is 0 Å². The molecule has 0 fully saturated rings. The Kier molecular flexibility index (Phi) is 2.29. The van der Waals surface area contributed by atoms with Crippen LogP contribution in [0.4, 0.5) is 0 Å². The molecule has 0 radical (unpaired) electrons. The molecule has 0 spiro atoms. The van der Waals surface area contributed by atoms with Gasteiger partial charge in [0.2, 0.25) is 0 Å². The maximum atomic E-state index is 3.70. The molecular weight excluding hydrogens is 310 g/mol. The highest BCUT2D eigenvalue weighted by Gasteiger charge is 2.15. The molecule has 0 atom stereocenters. The van der Waals surface area contributed by atoms with Gasteiger partial charge in [0.15, 0.2) is 0 Å². The molecular formula is C22H13NS. The third-order valence-electron chi connectivity index (χ3n) is 5.08. The van der Waals surface area contributed by atoms with E-state index in [1.807, 2.05) is 11.3 Å². The van der Waals surface area contributed by atoms with Crippen LogP contribution in [0.5, 0.6) is 0 Å². The molecule has 0 bridgehead atoms. The van der Waals surface area contributed by atoms with E-state index >= 15 is 0 Å². The van der Waals surface area contributed by atoms with Gasteiger partial charge in [0.1, 0.15) is 0 Å². The maximum Gasteiger partial charge on any atom is 0.0551 e. The number of nitrogens with one attached hydrogen (secondary N) is 1. The average Bonchev–Trinajstić information content (AvgIpc) is 3.26. The third-order valence-corrected chi connectivity index (χ3v) is 5.96. The minimum Gasteiger partial charge on any atom is -0.354 e. The van der Waals surface area contributed by atoms with Crippen molar-refractivity contribution in [1.82, 2.24) is 4.98 Å². The number of benzene rings is 4. The van der Waals surface area contributed by atoms with Crippen LogP contribution >= 0.6 is 11.3 Å². The van der Waals surface area contributed by atoms with E-state index in [0.29, 0.717) is 0 Å². The fourth-order valence-electron chi connectivity index (χ4n) is 4.08. The first-order valence-corrected chi connectivity index (χ1v) is 9.01. The van der Waals surface area contributed by atoms with E-state index in [1.165, 1.54) is 53.4 Å². The highest BCUT2D eigenvalue weighted by atomic mass is 32.1. The Morgan fingerprint density at radius 3 is 2.12 bits per heavy atom. The molecule has 0 aliphatic carbocycles. The molecule has 6 rings (SSSR count). The van der Waals surface area contributed by atoms with Crippen LogP contribution in [0.15, 0.2) is 72.1 Å². The van der Waals surface area contributed by atoms with Crippen molar-refractivity contribution in [2.75, 3.05) is 0 Å². The van der Waals surface area contributed by atoms with Crippen molar-refractivity contribution >= 4 is 64.8 Å². The van der Waals surface area contributed by atoms with Gasteiger partial charge in [0, 0.05) is 31.8 Å². The third kappa shape index (κ3) is 1.44. The number of hydrogen-bond acceptors (Lipinski definition) is 1. The second kappa shape index (κ2) is 4.37. The van der Waals surface area contributed by atoms with Crippen molar-refractivity contribution in [3.63, 3.8) is 0 Å². The molecule has 0 amide bonds. The molecule has 0 saturated carbocycles. The SMILES string of the molecule is c1ccc2c(c1)c1ccccc1c1c2[nH]c2ccc3sccc3c21. The van der Waals surface area contributed by atoms with Gasteiger partial charge in [0.25, 0.3) is 0 Å². The Morgan fingerprint density at radius 2 is 1.29 bits per heavy atom. The van der Waals surface area contributed by atoms with Gasteiger partial charge >= 0.3 is 0 Å². The van der Waals surface area contributed by atoms with Gasteiger partial charge in [-0.05, 0) is 39.7 Å². The van der Waals surface area contributed by atoms with Crippen molar-refractivity contribution < 1.29 is 0 Å². The van der Waals surface area contributed by atoms with Gasteiger partial charge in [-0.1, -0.05) is 48.5 Å². The molecule has 1 nitrogen and oxygen atoms in total. The number of hydrogen-bond donors (Lipinski definition) is 1. The van der Waals surface area contributed by atoms with Gasteiger partial charge in [0.05, 0.1) is 5.52 Å². The van der Waals surface area contributed by atoms with Crippen molar-refractivity contribution in [3.05, 3.63) is 72.1 Å². The molecule has 0 saturated heterocycles. The summed E-state index contributed by atoms with van der Waals surface area (Å²) < 4.78 is 1.35. The van der Waals surface area contributed by atoms with Crippen LogP contribution in [0.3, 0.4) is 0 Å². The molecule has 4 aromatic carbocycles. The van der Waals surface area contributed by atoms with Crippen LogP contribution in [0.1, 0.15) is 0 Å². The monoisotopic (exact) mass is 323 g/mol. The Hall–Kier alpha value is -2.84. The largest absolute Gasteiger partial charge is 0.354 e. The van der Waals surface area contributed by atoms with E-state index in [0.717, 1.165) is 0 Å². The Bertz CT molecular complexity index is 1400. The molecule has 24 heavy (non-hydrogen) atoms. The normalized spacial score (nSPS) is 12.2. The zero-order valence-corrected chi connectivity index (χ0v) is 13.7. The molecule has 0 aliphatic rings. The second-order valence-corrected chi connectivity index (χ2v) is 7.23. The Morgan fingerprint density at radius 1 is 0.583 bits per heavy atom. The molecule has 0 unspecified atom stereocenters.